The Morgan fingerprint density at radius 1 is 1.31 bits per heavy atom. The highest BCUT2D eigenvalue weighted by Crippen LogP contribution is 2.20. The highest BCUT2D eigenvalue weighted by molar-refractivity contribution is 14.0. The Balaban J connectivity index is 0.00000338. The lowest BCUT2D eigenvalue weighted by molar-refractivity contribution is -0.127. The summed E-state index contributed by atoms with van der Waals surface area (Å²) in [4.78, 5) is 17.8. The molecule has 1 aromatic rings. The zero-order valence-electron chi connectivity index (χ0n) is 16.0. The van der Waals surface area contributed by atoms with E-state index in [-0.39, 0.29) is 36.4 Å². The minimum atomic E-state index is -0.0140. The van der Waals surface area contributed by atoms with E-state index in [0.717, 1.165) is 19.3 Å². The quantitative estimate of drug-likeness (QED) is 0.274. The van der Waals surface area contributed by atoms with Gasteiger partial charge in [0, 0.05) is 33.3 Å². The summed E-state index contributed by atoms with van der Waals surface area (Å²) in [7, 11) is 3.48. The van der Waals surface area contributed by atoms with Gasteiger partial charge in [0.15, 0.2) is 5.96 Å². The second-order valence-electron chi connectivity index (χ2n) is 6.43. The molecule has 0 fully saturated rings. The average Bonchev–Trinajstić information content (AvgIpc) is 2.62. The highest BCUT2D eigenvalue weighted by atomic mass is 127. The van der Waals surface area contributed by atoms with Gasteiger partial charge in [-0.05, 0) is 37.3 Å². The molecule has 0 spiro atoms. The van der Waals surface area contributed by atoms with Crippen LogP contribution in [-0.4, -0.2) is 63.2 Å². The number of nitrogens with zero attached hydrogens (tertiary/aromatic N) is 2. The third kappa shape index (κ3) is 7.49. The molecule has 1 aliphatic carbocycles. The molecule has 146 valence electrons. The third-order valence-electron chi connectivity index (χ3n) is 4.30. The van der Waals surface area contributed by atoms with Crippen LogP contribution in [-0.2, 0) is 22.4 Å². The normalized spacial score (nSPS) is 16.3. The number of nitrogens with one attached hydrogen (secondary N) is 2. The summed E-state index contributed by atoms with van der Waals surface area (Å²) < 4.78 is 5.36. The van der Waals surface area contributed by atoms with Gasteiger partial charge < -0.3 is 20.3 Å². The zero-order valence-corrected chi connectivity index (χ0v) is 18.3. The van der Waals surface area contributed by atoms with Crippen molar-refractivity contribution in [2.45, 2.75) is 32.2 Å². The number of ether oxygens (including phenoxy) is 1. The van der Waals surface area contributed by atoms with Crippen molar-refractivity contribution in [3.05, 3.63) is 35.4 Å². The van der Waals surface area contributed by atoms with Crippen LogP contribution in [0.2, 0.25) is 0 Å². The topological polar surface area (TPSA) is 66.0 Å². The first-order valence-electron chi connectivity index (χ1n) is 8.99. The molecule has 6 nitrogen and oxygen atoms in total. The maximum absolute atomic E-state index is 11.8. The van der Waals surface area contributed by atoms with Gasteiger partial charge in [-0.3, -0.25) is 4.79 Å². The second kappa shape index (κ2) is 12.1. The lowest BCUT2D eigenvalue weighted by atomic mass is 9.88. The van der Waals surface area contributed by atoms with Crippen molar-refractivity contribution in [2.24, 2.45) is 4.99 Å². The monoisotopic (exact) mass is 474 g/mol. The van der Waals surface area contributed by atoms with Crippen LogP contribution >= 0.6 is 24.0 Å². The molecule has 0 saturated carbocycles. The number of hydrogen-bond donors (Lipinski definition) is 2. The molecular weight excluding hydrogens is 443 g/mol. The molecule has 1 aliphatic rings. The number of fused-ring (bicyclic) bond motifs is 1. The van der Waals surface area contributed by atoms with Crippen molar-refractivity contribution < 1.29 is 9.53 Å². The lowest BCUT2D eigenvalue weighted by Gasteiger charge is -2.27. The molecule has 0 bridgehead atoms. The molecule has 1 atom stereocenters. The smallest absolute Gasteiger partial charge is 0.243 e. The zero-order chi connectivity index (χ0) is 18.1. The Morgan fingerprint density at radius 3 is 2.73 bits per heavy atom. The molecule has 0 radical (unpaired) electrons. The Kier molecular flexibility index (Phi) is 10.6. The van der Waals surface area contributed by atoms with Crippen molar-refractivity contribution in [3.63, 3.8) is 0 Å². The van der Waals surface area contributed by atoms with Gasteiger partial charge in [-0.2, -0.15) is 0 Å². The average molecular weight is 474 g/mol. The maximum atomic E-state index is 11.8. The van der Waals surface area contributed by atoms with Gasteiger partial charge in [-0.15, -0.1) is 24.0 Å². The fourth-order valence-electron chi connectivity index (χ4n) is 2.84. The van der Waals surface area contributed by atoms with Crippen LogP contribution < -0.4 is 10.6 Å². The van der Waals surface area contributed by atoms with Crippen LogP contribution in [0.5, 0.6) is 0 Å². The molecule has 0 heterocycles. The van der Waals surface area contributed by atoms with E-state index < -0.39 is 0 Å². The Bertz CT molecular complexity index is 593. The molecule has 1 unspecified atom stereocenters. The SMILES string of the molecule is CCOCCNC(=NCC(=O)N(C)C)NC1CCc2ccccc2C1.I. The van der Waals surface area contributed by atoms with Gasteiger partial charge in [-0.25, -0.2) is 4.99 Å². The van der Waals surface area contributed by atoms with E-state index >= 15 is 0 Å². The van der Waals surface area contributed by atoms with Crippen LogP contribution in [0.1, 0.15) is 24.5 Å². The maximum Gasteiger partial charge on any atom is 0.243 e. The number of aliphatic imine (C=N–C) groups is 1. The Morgan fingerprint density at radius 2 is 2.04 bits per heavy atom. The number of rotatable bonds is 7. The summed E-state index contributed by atoms with van der Waals surface area (Å²) in [5.74, 6) is 0.666. The van der Waals surface area contributed by atoms with E-state index in [0.29, 0.717) is 31.8 Å². The van der Waals surface area contributed by atoms with Gasteiger partial charge in [0.2, 0.25) is 5.91 Å². The molecule has 2 N–H and O–H groups in total. The number of benzene rings is 1. The standard InChI is InChI=1S/C19H30N4O2.HI/c1-4-25-12-11-20-19(21-14-18(24)23(2)3)22-17-10-9-15-7-5-6-8-16(15)13-17;/h5-8,17H,4,9-14H2,1-3H3,(H2,20,21,22);1H. The Hall–Kier alpha value is -1.35. The third-order valence-corrected chi connectivity index (χ3v) is 4.30. The molecule has 1 amide bonds. The number of carbonyl (C=O) groups excluding carboxylic acids is 1. The molecule has 2 rings (SSSR count). The van der Waals surface area contributed by atoms with Crippen LogP contribution in [0.25, 0.3) is 0 Å². The molecule has 0 saturated heterocycles. The van der Waals surface area contributed by atoms with E-state index in [1.165, 1.54) is 11.1 Å². The fourth-order valence-corrected chi connectivity index (χ4v) is 2.84. The van der Waals surface area contributed by atoms with Crippen molar-refractivity contribution >= 4 is 35.8 Å². The van der Waals surface area contributed by atoms with E-state index in [4.69, 9.17) is 4.74 Å². The number of likely N-dealkylation sites (N-methyl/N-ethyl adjacent to an activating group) is 1. The number of hydrogen-bond acceptors (Lipinski definition) is 3. The first-order chi connectivity index (χ1) is 12.1. The number of aryl methyl sites for hydroxylation is 1. The summed E-state index contributed by atoms with van der Waals surface area (Å²) in [5, 5.41) is 6.74. The number of halogens is 1. The van der Waals surface area contributed by atoms with Gasteiger partial charge in [0.1, 0.15) is 6.54 Å². The molecule has 26 heavy (non-hydrogen) atoms. The van der Waals surface area contributed by atoms with Crippen LogP contribution in [0, 0.1) is 0 Å². The summed E-state index contributed by atoms with van der Waals surface area (Å²) in [5.41, 5.74) is 2.83. The minimum absolute atomic E-state index is 0. The van der Waals surface area contributed by atoms with Crippen molar-refractivity contribution in [3.8, 4) is 0 Å². The van der Waals surface area contributed by atoms with E-state index in [2.05, 4.69) is 39.9 Å². The van der Waals surface area contributed by atoms with Crippen LogP contribution in [0.15, 0.2) is 29.3 Å². The van der Waals surface area contributed by atoms with Crippen molar-refractivity contribution in [1.29, 1.82) is 0 Å². The van der Waals surface area contributed by atoms with Gasteiger partial charge in [0.05, 0.1) is 6.61 Å². The summed E-state index contributed by atoms with van der Waals surface area (Å²) in [6.45, 7) is 4.09. The second-order valence-corrected chi connectivity index (χ2v) is 6.43. The molecule has 1 aromatic carbocycles. The lowest BCUT2D eigenvalue weighted by Crippen LogP contribution is -2.47. The molecule has 0 aromatic heterocycles. The Labute approximate surface area is 173 Å². The predicted octanol–water partition coefficient (Wildman–Crippen LogP) is 1.82. The first-order valence-corrected chi connectivity index (χ1v) is 8.99. The fraction of sp³-hybridized carbons (Fsp3) is 0.579. The number of amides is 1. The van der Waals surface area contributed by atoms with E-state index in [1.54, 1.807) is 19.0 Å². The number of carbonyl (C=O) groups is 1. The van der Waals surface area contributed by atoms with Gasteiger partial charge >= 0.3 is 0 Å². The largest absolute Gasteiger partial charge is 0.380 e. The molecule has 7 heteroatoms. The summed E-state index contributed by atoms with van der Waals surface area (Å²) >= 11 is 0. The summed E-state index contributed by atoms with van der Waals surface area (Å²) in [6, 6.07) is 8.91. The number of guanidine groups is 1. The van der Waals surface area contributed by atoms with E-state index in [1.807, 2.05) is 6.92 Å². The molecular formula is C19H31IN4O2. The summed E-state index contributed by atoms with van der Waals surface area (Å²) in [6.07, 6.45) is 3.10. The van der Waals surface area contributed by atoms with Gasteiger partial charge in [-0.1, -0.05) is 24.3 Å². The van der Waals surface area contributed by atoms with Crippen LogP contribution in [0.4, 0.5) is 0 Å². The molecule has 0 aliphatic heterocycles. The van der Waals surface area contributed by atoms with Gasteiger partial charge in [0.25, 0.3) is 0 Å². The minimum Gasteiger partial charge on any atom is -0.380 e. The highest BCUT2D eigenvalue weighted by Gasteiger charge is 2.19. The first kappa shape index (κ1) is 22.7. The van der Waals surface area contributed by atoms with Crippen molar-refractivity contribution in [1.82, 2.24) is 15.5 Å². The van der Waals surface area contributed by atoms with Crippen LogP contribution in [0.3, 0.4) is 0 Å². The van der Waals surface area contributed by atoms with E-state index in [9.17, 15) is 4.79 Å². The van der Waals surface area contributed by atoms with Crippen molar-refractivity contribution in [2.75, 3.05) is 40.4 Å². The predicted molar refractivity (Wildman–Crippen MR) is 116 cm³/mol.